The number of carbonyl (C=O) groups is 1. The van der Waals surface area contributed by atoms with Crippen LogP contribution in [0.1, 0.15) is 33.1 Å². The Labute approximate surface area is 183 Å². The summed E-state index contributed by atoms with van der Waals surface area (Å²) in [7, 11) is 1.50. The molecule has 1 amide bonds. The summed E-state index contributed by atoms with van der Waals surface area (Å²) in [6.07, 6.45) is 1.52. The van der Waals surface area contributed by atoms with E-state index >= 15 is 0 Å². The third kappa shape index (κ3) is 5.97. The first kappa shape index (κ1) is 22.6. The maximum absolute atomic E-state index is 13.0. The highest BCUT2D eigenvalue weighted by Crippen LogP contribution is 2.24. The molecule has 31 heavy (non-hydrogen) atoms. The average molecular weight is 440 g/mol. The minimum atomic E-state index is -2.29. The Morgan fingerprint density at radius 2 is 1.90 bits per heavy atom. The van der Waals surface area contributed by atoms with Crippen LogP contribution in [0.4, 0.5) is 0 Å². The zero-order valence-electron chi connectivity index (χ0n) is 17.2. The molecule has 0 aliphatic rings. The highest BCUT2D eigenvalue weighted by Gasteiger charge is 2.17. The molecule has 1 heterocycles. The van der Waals surface area contributed by atoms with Crippen LogP contribution in [0.3, 0.4) is 0 Å². The zero-order chi connectivity index (χ0) is 22.4. The van der Waals surface area contributed by atoms with Gasteiger partial charge < -0.3 is 19.7 Å². The van der Waals surface area contributed by atoms with Crippen LogP contribution in [0.2, 0.25) is 0 Å². The molecular formula is C23H23N2O5S-. The minimum absolute atomic E-state index is 0.203. The van der Waals surface area contributed by atoms with E-state index in [1.165, 1.54) is 13.3 Å². The number of carbonyl (C=O) groups excluding carboxylic acids is 1. The molecule has 2 atom stereocenters. The molecule has 3 rings (SSSR count). The number of aryl methyl sites for hydroxylation is 1. The van der Waals surface area contributed by atoms with Crippen molar-refractivity contribution in [1.82, 2.24) is 10.3 Å². The molecular weight excluding hydrogens is 416 g/mol. The van der Waals surface area contributed by atoms with Gasteiger partial charge in [-0.1, -0.05) is 47.0 Å². The lowest BCUT2D eigenvalue weighted by atomic mass is 9.99. The van der Waals surface area contributed by atoms with Crippen molar-refractivity contribution in [2.75, 3.05) is 13.7 Å². The van der Waals surface area contributed by atoms with E-state index in [1.807, 2.05) is 31.2 Å². The van der Waals surface area contributed by atoms with Crippen LogP contribution >= 0.6 is 0 Å². The average Bonchev–Trinajstić information content (AvgIpc) is 2.77. The molecule has 0 spiro atoms. The number of hydrogen-bond donors (Lipinski definition) is 2. The first-order valence-corrected chi connectivity index (χ1v) is 10.8. The zero-order valence-corrected chi connectivity index (χ0v) is 18.0. The van der Waals surface area contributed by atoms with Crippen LogP contribution in [-0.2, 0) is 16.8 Å². The van der Waals surface area contributed by atoms with Gasteiger partial charge in [0.2, 0.25) is 5.88 Å². The van der Waals surface area contributed by atoms with Crippen LogP contribution < -0.4 is 10.1 Å². The summed E-state index contributed by atoms with van der Waals surface area (Å²) in [5, 5.41) is 12.6. The molecule has 8 heteroatoms. The number of aliphatic hydroxyl groups excluding tert-OH is 1. The molecule has 1 unspecified atom stereocenters. The fourth-order valence-electron chi connectivity index (χ4n) is 3.15. The molecule has 7 nitrogen and oxygen atoms in total. The standard InChI is InChI=1S/C23H24N2O5S/c1-15-3-5-17(6-4-15)19-9-16(14-31(28)29)10-20(11-19)23(27)25-21(13-26)18-7-8-22(30-2)24-12-18/h3-12,21,26H,13-14H2,1-2H3,(H,25,27)(H,28,29)/p-1/t21-/m1/s1. The first-order chi connectivity index (χ1) is 14.9. The molecule has 3 aromatic rings. The second kappa shape index (κ2) is 10.3. The number of aliphatic hydroxyl groups is 1. The highest BCUT2D eigenvalue weighted by atomic mass is 32.2. The summed E-state index contributed by atoms with van der Waals surface area (Å²) in [6, 6.07) is 15.4. The van der Waals surface area contributed by atoms with Gasteiger partial charge in [0.25, 0.3) is 5.91 Å². The molecule has 2 aromatic carbocycles. The molecule has 0 bridgehead atoms. The molecule has 2 N–H and O–H groups in total. The van der Waals surface area contributed by atoms with Crippen molar-refractivity contribution < 1.29 is 23.4 Å². The Morgan fingerprint density at radius 1 is 1.16 bits per heavy atom. The van der Waals surface area contributed by atoms with Crippen LogP contribution in [-0.4, -0.2) is 38.5 Å². The fraction of sp³-hybridized carbons (Fsp3) is 0.217. The molecule has 0 fully saturated rings. The predicted molar refractivity (Wildman–Crippen MR) is 117 cm³/mol. The largest absolute Gasteiger partial charge is 0.772 e. The van der Waals surface area contributed by atoms with Crippen molar-refractivity contribution >= 4 is 17.0 Å². The highest BCUT2D eigenvalue weighted by molar-refractivity contribution is 7.78. The van der Waals surface area contributed by atoms with Gasteiger partial charge in [-0.25, -0.2) is 4.98 Å². The lowest BCUT2D eigenvalue weighted by molar-refractivity contribution is 0.0916. The number of amides is 1. The van der Waals surface area contributed by atoms with E-state index in [4.69, 9.17) is 4.74 Å². The number of rotatable bonds is 8. The summed E-state index contributed by atoms with van der Waals surface area (Å²) in [6.45, 7) is 1.65. The number of methoxy groups -OCH3 is 1. The third-order valence-corrected chi connectivity index (χ3v) is 5.35. The van der Waals surface area contributed by atoms with Crippen LogP contribution in [0, 0.1) is 6.92 Å². The second-order valence-corrected chi connectivity index (χ2v) is 7.97. The fourth-order valence-corrected chi connectivity index (χ4v) is 3.59. The normalized spacial score (nSPS) is 12.8. The van der Waals surface area contributed by atoms with Gasteiger partial charge in [-0.3, -0.25) is 9.00 Å². The molecule has 1 aromatic heterocycles. The van der Waals surface area contributed by atoms with Gasteiger partial charge in [0.05, 0.1) is 19.8 Å². The van der Waals surface area contributed by atoms with Gasteiger partial charge in [0.15, 0.2) is 0 Å². The van der Waals surface area contributed by atoms with Gasteiger partial charge in [0, 0.05) is 23.6 Å². The Kier molecular flexibility index (Phi) is 7.51. The van der Waals surface area contributed by atoms with Crippen molar-refractivity contribution in [3.63, 3.8) is 0 Å². The predicted octanol–water partition coefficient (Wildman–Crippen LogP) is 2.91. The van der Waals surface area contributed by atoms with Gasteiger partial charge in [-0.15, -0.1) is 0 Å². The lowest BCUT2D eigenvalue weighted by Gasteiger charge is -2.18. The van der Waals surface area contributed by atoms with Crippen molar-refractivity contribution in [3.8, 4) is 17.0 Å². The monoisotopic (exact) mass is 439 g/mol. The van der Waals surface area contributed by atoms with Gasteiger partial charge >= 0.3 is 0 Å². The van der Waals surface area contributed by atoms with Gasteiger partial charge in [-0.05, 0) is 47.4 Å². The van der Waals surface area contributed by atoms with Gasteiger partial charge in [-0.2, -0.15) is 0 Å². The van der Waals surface area contributed by atoms with Crippen LogP contribution in [0.15, 0.2) is 60.8 Å². The molecule has 0 aliphatic heterocycles. The quantitative estimate of drug-likeness (QED) is 0.522. The minimum Gasteiger partial charge on any atom is -0.772 e. The molecule has 0 aliphatic carbocycles. The number of aromatic nitrogens is 1. The Hall–Kier alpha value is -3.07. The Bertz CT molecular complexity index is 1070. The van der Waals surface area contributed by atoms with E-state index in [9.17, 15) is 18.7 Å². The number of pyridine rings is 1. The first-order valence-electron chi connectivity index (χ1n) is 9.58. The summed E-state index contributed by atoms with van der Waals surface area (Å²) in [4.78, 5) is 17.1. The Balaban J connectivity index is 1.91. The van der Waals surface area contributed by atoms with Crippen molar-refractivity contribution in [1.29, 1.82) is 0 Å². The van der Waals surface area contributed by atoms with E-state index in [0.29, 0.717) is 22.6 Å². The Morgan fingerprint density at radius 3 is 2.48 bits per heavy atom. The van der Waals surface area contributed by atoms with Crippen LogP contribution in [0.25, 0.3) is 11.1 Å². The lowest BCUT2D eigenvalue weighted by Crippen LogP contribution is -2.31. The third-order valence-electron chi connectivity index (χ3n) is 4.78. The second-order valence-electron chi connectivity index (χ2n) is 7.08. The van der Waals surface area contributed by atoms with Crippen molar-refractivity contribution in [3.05, 3.63) is 83.0 Å². The maximum atomic E-state index is 13.0. The summed E-state index contributed by atoms with van der Waals surface area (Å²) < 4.78 is 27.5. The van der Waals surface area contributed by atoms with Gasteiger partial charge in [0.1, 0.15) is 0 Å². The number of nitrogens with zero attached hydrogens (tertiary/aromatic N) is 1. The molecule has 0 saturated heterocycles. The number of benzene rings is 2. The van der Waals surface area contributed by atoms with Crippen molar-refractivity contribution in [2.24, 2.45) is 0 Å². The van der Waals surface area contributed by atoms with E-state index < -0.39 is 23.0 Å². The van der Waals surface area contributed by atoms with Crippen LogP contribution in [0.5, 0.6) is 5.88 Å². The number of nitrogens with one attached hydrogen (secondary N) is 1. The number of ether oxygens (including phenoxy) is 1. The molecule has 0 saturated carbocycles. The topological polar surface area (TPSA) is 112 Å². The van der Waals surface area contributed by atoms with E-state index in [-0.39, 0.29) is 12.4 Å². The summed E-state index contributed by atoms with van der Waals surface area (Å²) in [5.74, 6) is -0.208. The molecule has 0 radical (unpaired) electrons. The summed E-state index contributed by atoms with van der Waals surface area (Å²) in [5.41, 5.74) is 4.13. The number of hydrogen-bond acceptors (Lipinski definition) is 6. The maximum Gasteiger partial charge on any atom is 0.251 e. The van der Waals surface area contributed by atoms with E-state index in [1.54, 1.807) is 30.3 Å². The molecule has 162 valence electrons. The SMILES string of the molecule is COc1ccc([C@@H](CO)NC(=O)c2cc(CS(=O)[O-])cc(-c3ccc(C)cc3)c2)cn1. The van der Waals surface area contributed by atoms with Crippen molar-refractivity contribution in [2.45, 2.75) is 18.7 Å². The summed E-state index contributed by atoms with van der Waals surface area (Å²) >= 11 is -2.29. The van der Waals surface area contributed by atoms with E-state index in [0.717, 1.165) is 16.7 Å². The van der Waals surface area contributed by atoms with E-state index in [2.05, 4.69) is 10.3 Å². The smallest absolute Gasteiger partial charge is 0.251 e.